The molecule has 0 aliphatic carbocycles. The number of hydrogen-bond donors (Lipinski definition) is 2. The Labute approximate surface area is 160 Å². The molecule has 1 aliphatic heterocycles. The highest BCUT2D eigenvalue weighted by atomic mass is 32.2. The summed E-state index contributed by atoms with van der Waals surface area (Å²) in [5.74, 6) is -1.40. The van der Waals surface area contributed by atoms with Gasteiger partial charge < -0.3 is 15.4 Å². The van der Waals surface area contributed by atoms with Crippen molar-refractivity contribution in [3.63, 3.8) is 0 Å². The van der Waals surface area contributed by atoms with E-state index >= 15 is 0 Å². The van der Waals surface area contributed by atoms with Crippen LogP contribution in [0.15, 0.2) is 29.2 Å². The molecule has 0 radical (unpaired) electrons. The highest BCUT2D eigenvalue weighted by molar-refractivity contribution is 7.89. The highest BCUT2D eigenvalue weighted by Crippen LogP contribution is 2.20. The van der Waals surface area contributed by atoms with Crippen molar-refractivity contribution < 1.29 is 22.7 Å². The molecule has 1 saturated heterocycles. The van der Waals surface area contributed by atoms with Crippen molar-refractivity contribution in [3.05, 3.63) is 29.8 Å². The van der Waals surface area contributed by atoms with Gasteiger partial charge >= 0.3 is 11.8 Å². The minimum atomic E-state index is -3.43. The second-order valence-corrected chi connectivity index (χ2v) is 8.30. The zero-order chi connectivity index (χ0) is 19.7. The van der Waals surface area contributed by atoms with Crippen LogP contribution in [0.5, 0.6) is 0 Å². The normalized spacial score (nSPS) is 15.3. The lowest BCUT2D eigenvalue weighted by Gasteiger charge is -2.25. The first-order valence-electron chi connectivity index (χ1n) is 9.09. The zero-order valence-electron chi connectivity index (χ0n) is 15.6. The van der Waals surface area contributed by atoms with Crippen molar-refractivity contribution in [2.24, 2.45) is 0 Å². The summed E-state index contributed by atoms with van der Waals surface area (Å²) >= 11 is 0. The second-order valence-electron chi connectivity index (χ2n) is 6.36. The van der Waals surface area contributed by atoms with Gasteiger partial charge in [0.2, 0.25) is 10.0 Å². The second kappa shape index (κ2) is 10.4. The van der Waals surface area contributed by atoms with E-state index < -0.39 is 21.8 Å². The molecule has 1 heterocycles. The van der Waals surface area contributed by atoms with E-state index in [0.717, 1.165) is 24.8 Å². The summed E-state index contributed by atoms with van der Waals surface area (Å²) in [6.45, 7) is 2.04. The number of nitrogens with zero attached hydrogens (tertiary/aromatic N) is 1. The molecule has 1 aliphatic rings. The fourth-order valence-electron chi connectivity index (χ4n) is 2.83. The van der Waals surface area contributed by atoms with Crippen molar-refractivity contribution in [2.45, 2.75) is 30.6 Å². The van der Waals surface area contributed by atoms with Crippen LogP contribution in [0.4, 0.5) is 0 Å². The Bertz CT molecular complexity index is 728. The van der Waals surface area contributed by atoms with E-state index in [1.807, 2.05) is 0 Å². The smallest absolute Gasteiger partial charge is 0.309 e. The monoisotopic (exact) mass is 397 g/mol. The molecule has 0 bridgehead atoms. The molecular formula is C18H27N3O5S. The minimum absolute atomic E-state index is 0.274. The predicted molar refractivity (Wildman–Crippen MR) is 101 cm³/mol. The molecule has 150 valence electrons. The number of piperidine rings is 1. The molecule has 27 heavy (non-hydrogen) atoms. The summed E-state index contributed by atoms with van der Waals surface area (Å²) < 4.78 is 31.5. The van der Waals surface area contributed by atoms with E-state index in [9.17, 15) is 18.0 Å². The number of methoxy groups -OCH3 is 1. The molecule has 2 rings (SSSR count). The van der Waals surface area contributed by atoms with Gasteiger partial charge in [-0.3, -0.25) is 9.59 Å². The van der Waals surface area contributed by atoms with Crippen LogP contribution < -0.4 is 10.6 Å². The van der Waals surface area contributed by atoms with Crippen molar-refractivity contribution in [2.75, 3.05) is 39.9 Å². The Hall–Kier alpha value is -1.97. The first-order valence-corrected chi connectivity index (χ1v) is 10.5. The fraction of sp³-hybridized carbons (Fsp3) is 0.556. The summed E-state index contributed by atoms with van der Waals surface area (Å²) in [5.41, 5.74) is 0.882. The van der Waals surface area contributed by atoms with Gasteiger partial charge in [0.1, 0.15) is 0 Å². The summed E-state index contributed by atoms with van der Waals surface area (Å²) in [7, 11) is -1.93. The number of sulfonamides is 1. The number of carbonyl (C=O) groups excluding carboxylic acids is 2. The van der Waals surface area contributed by atoms with Crippen molar-refractivity contribution >= 4 is 21.8 Å². The maximum Gasteiger partial charge on any atom is 0.309 e. The van der Waals surface area contributed by atoms with Gasteiger partial charge in [0.05, 0.1) is 11.5 Å². The van der Waals surface area contributed by atoms with Gasteiger partial charge in [0.15, 0.2) is 0 Å². The first-order chi connectivity index (χ1) is 12.9. The minimum Gasteiger partial charge on any atom is -0.383 e. The van der Waals surface area contributed by atoms with Crippen LogP contribution in [0.1, 0.15) is 24.8 Å². The van der Waals surface area contributed by atoms with Gasteiger partial charge in [-0.15, -0.1) is 0 Å². The van der Waals surface area contributed by atoms with E-state index in [-0.39, 0.29) is 18.0 Å². The standard InChI is InChI=1S/C18H27N3O5S/c1-26-14-11-20-18(23)17(22)19-10-9-15-5-7-16(8-6-15)27(24,25)21-12-3-2-4-13-21/h5-8H,2-4,9-14H2,1H3,(H,19,22)(H,20,23). The maximum absolute atomic E-state index is 12.6. The molecule has 1 fully saturated rings. The number of carbonyl (C=O) groups is 2. The highest BCUT2D eigenvalue weighted by Gasteiger charge is 2.25. The third-order valence-corrected chi connectivity index (χ3v) is 6.29. The first kappa shape index (κ1) is 21.3. The molecule has 0 aromatic heterocycles. The third-order valence-electron chi connectivity index (χ3n) is 4.37. The fourth-order valence-corrected chi connectivity index (χ4v) is 4.35. The third kappa shape index (κ3) is 6.30. The molecular weight excluding hydrogens is 370 g/mol. The van der Waals surface area contributed by atoms with E-state index in [0.29, 0.717) is 26.1 Å². The van der Waals surface area contributed by atoms with Crippen LogP contribution in [-0.2, 0) is 30.8 Å². The molecule has 2 N–H and O–H groups in total. The lowest BCUT2D eigenvalue weighted by atomic mass is 10.1. The molecule has 0 unspecified atom stereocenters. The van der Waals surface area contributed by atoms with E-state index in [2.05, 4.69) is 10.6 Å². The summed E-state index contributed by atoms with van der Waals surface area (Å²) in [5, 5.41) is 4.98. The Morgan fingerprint density at radius 3 is 2.19 bits per heavy atom. The number of benzene rings is 1. The molecule has 2 amide bonds. The molecule has 1 aromatic rings. The summed E-state index contributed by atoms with van der Waals surface area (Å²) in [6.07, 6.45) is 3.37. The summed E-state index contributed by atoms with van der Waals surface area (Å²) in [4.78, 5) is 23.4. The molecule has 0 atom stereocenters. The largest absolute Gasteiger partial charge is 0.383 e. The molecule has 8 nitrogen and oxygen atoms in total. The molecule has 1 aromatic carbocycles. The molecule has 9 heteroatoms. The lowest BCUT2D eigenvalue weighted by molar-refractivity contribution is -0.139. The SMILES string of the molecule is COCCNC(=O)C(=O)NCCc1ccc(S(=O)(=O)N2CCCCC2)cc1. The Balaban J connectivity index is 1.81. The van der Waals surface area contributed by atoms with Crippen LogP contribution in [0.2, 0.25) is 0 Å². The Morgan fingerprint density at radius 2 is 1.59 bits per heavy atom. The average Bonchev–Trinajstić information content (AvgIpc) is 2.69. The van der Waals surface area contributed by atoms with Crippen LogP contribution in [0, 0.1) is 0 Å². The number of hydrogen-bond acceptors (Lipinski definition) is 5. The maximum atomic E-state index is 12.6. The average molecular weight is 397 g/mol. The van der Waals surface area contributed by atoms with Crippen molar-refractivity contribution in [1.82, 2.24) is 14.9 Å². The van der Waals surface area contributed by atoms with Gasteiger partial charge in [-0.1, -0.05) is 18.6 Å². The van der Waals surface area contributed by atoms with E-state index in [1.165, 1.54) is 11.4 Å². The number of nitrogens with one attached hydrogen (secondary N) is 2. The predicted octanol–water partition coefficient (Wildman–Crippen LogP) is 0.283. The Kier molecular flexibility index (Phi) is 8.21. The van der Waals surface area contributed by atoms with E-state index in [1.54, 1.807) is 24.3 Å². The van der Waals surface area contributed by atoms with Gasteiger partial charge in [-0.05, 0) is 37.0 Å². The quantitative estimate of drug-likeness (QED) is 0.484. The lowest BCUT2D eigenvalue weighted by Crippen LogP contribution is -2.41. The number of rotatable bonds is 8. The van der Waals surface area contributed by atoms with Gasteiger partial charge in [-0.25, -0.2) is 8.42 Å². The van der Waals surface area contributed by atoms with Crippen LogP contribution in [0.25, 0.3) is 0 Å². The van der Waals surface area contributed by atoms with Crippen molar-refractivity contribution in [1.29, 1.82) is 0 Å². The molecule has 0 spiro atoms. The zero-order valence-corrected chi connectivity index (χ0v) is 16.4. The van der Waals surface area contributed by atoms with Gasteiger partial charge in [-0.2, -0.15) is 4.31 Å². The van der Waals surface area contributed by atoms with Crippen LogP contribution in [-0.4, -0.2) is 64.4 Å². The topological polar surface area (TPSA) is 105 Å². The van der Waals surface area contributed by atoms with Crippen LogP contribution >= 0.6 is 0 Å². The Morgan fingerprint density at radius 1 is 1.00 bits per heavy atom. The van der Waals surface area contributed by atoms with Gasteiger partial charge in [0, 0.05) is 33.3 Å². The van der Waals surface area contributed by atoms with Crippen molar-refractivity contribution in [3.8, 4) is 0 Å². The summed E-state index contributed by atoms with van der Waals surface area (Å²) in [6, 6.07) is 6.67. The van der Waals surface area contributed by atoms with E-state index in [4.69, 9.17) is 4.74 Å². The molecule has 0 saturated carbocycles. The number of amides is 2. The van der Waals surface area contributed by atoms with Crippen LogP contribution in [0.3, 0.4) is 0 Å². The number of ether oxygens (including phenoxy) is 1. The van der Waals surface area contributed by atoms with Gasteiger partial charge in [0.25, 0.3) is 0 Å².